The van der Waals surface area contributed by atoms with Crippen LogP contribution in [0.25, 0.3) is 0 Å². The Morgan fingerprint density at radius 3 is 2.42 bits per heavy atom. The molecule has 0 bridgehead atoms. The van der Waals surface area contributed by atoms with Gasteiger partial charge in [0.15, 0.2) is 0 Å². The summed E-state index contributed by atoms with van der Waals surface area (Å²) in [5.41, 5.74) is 4.47. The van der Waals surface area contributed by atoms with Crippen molar-refractivity contribution in [1.82, 2.24) is 25.7 Å². The average molecular weight is 709 g/mol. The molecule has 3 aromatic rings. The molecule has 0 saturated carbocycles. The quantitative estimate of drug-likeness (QED) is 0.0976. The predicted molar refractivity (Wildman–Crippen MR) is 191 cm³/mol. The van der Waals surface area contributed by atoms with Crippen LogP contribution in [0.15, 0.2) is 53.4 Å². The summed E-state index contributed by atoms with van der Waals surface area (Å²) >= 11 is 0. The molecule has 2 amide bonds. The standard InChI is InChI=1S/C36H48N6O7S/c1-24-21-30(49-20-6-8-32(43)38-19-18-37-3)22-25(2)33(24)50(46,47)42-31(36(45)48-4)23-40-35(44)28-12-9-26(10-13-28)11-15-29-16-14-27-7-5-17-39-34(27)41-29/h9-10,12-14,16,21-22,31,37,42H,5-8,11,15,17-20,23H2,1-4H3,(H,38,43)(H,39,41)(H,40,44)/t31-/m0/s1. The van der Waals surface area contributed by atoms with Crippen molar-refractivity contribution in [3.63, 3.8) is 0 Å². The number of rotatable bonds is 18. The van der Waals surface area contributed by atoms with Crippen LogP contribution in [0, 0.1) is 13.8 Å². The van der Waals surface area contributed by atoms with Gasteiger partial charge in [-0.05, 0) is 106 Å². The first-order chi connectivity index (χ1) is 24.0. The van der Waals surface area contributed by atoms with E-state index in [-0.39, 0.29) is 24.0 Å². The van der Waals surface area contributed by atoms with Gasteiger partial charge in [-0.2, -0.15) is 4.72 Å². The fourth-order valence-electron chi connectivity index (χ4n) is 5.72. The van der Waals surface area contributed by atoms with Gasteiger partial charge >= 0.3 is 5.97 Å². The Balaban J connectivity index is 1.31. The maximum Gasteiger partial charge on any atom is 0.325 e. The number of fused-ring (bicyclic) bond motifs is 1. The molecular formula is C36H48N6O7S. The van der Waals surface area contributed by atoms with Gasteiger partial charge < -0.3 is 30.7 Å². The Labute approximate surface area is 294 Å². The Morgan fingerprint density at radius 2 is 1.72 bits per heavy atom. The van der Waals surface area contributed by atoms with E-state index in [1.807, 2.05) is 19.2 Å². The highest BCUT2D eigenvalue weighted by atomic mass is 32.2. The Kier molecular flexibility index (Phi) is 14.1. The van der Waals surface area contributed by atoms with Crippen LogP contribution in [0.2, 0.25) is 0 Å². The molecule has 0 radical (unpaired) electrons. The molecule has 270 valence electrons. The monoisotopic (exact) mass is 708 g/mol. The number of nitrogens with one attached hydrogen (secondary N) is 5. The van der Waals surface area contributed by atoms with E-state index >= 15 is 0 Å². The van der Waals surface area contributed by atoms with E-state index in [1.54, 1.807) is 38.1 Å². The fraction of sp³-hybridized carbons (Fsp3) is 0.444. The summed E-state index contributed by atoms with van der Waals surface area (Å²) in [6.07, 6.45) is 4.46. The summed E-state index contributed by atoms with van der Waals surface area (Å²) in [6, 6.07) is 13.1. The number of nitrogens with zero attached hydrogens (tertiary/aromatic N) is 1. The van der Waals surface area contributed by atoms with Crippen molar-refractivity contribution in [2.24, 2.45) is 0 Å². The third kappa shape index (κ3) is 11.0. The largest absolute Gasteiger partial charge is 0.494 e. The topological polar surface area (TPSA) is 177 Å². The number of sulfonamides is 1. The number of carbonyl (C=O) groups is 3. The van der Waals surface area contributed by atoms with E-state index in [9.17, 15) is 22.8 Å². The molecule has 1 aromatic heterocycles. The van der Waals surface area contributed by atoms with Crippen LogP contribution in [0.1, 0.15) is 57.6 Å². The number of likely N-dealkylation sites (N-methyl/N-ethyl adjacent to an activating group) is 1. The molecule has 50 heavy (non-hydrogen) atoms. The second-order valence-electron chi connectivity index (χ2n) is 12.2. The summed E-state index contributed by atoms with van der Waals surface area (Å²) in [5.74, 6) is 0.0515. The van der Waals surface area contributed by atoms with Gasteiger partial charge in [0, 0.05) is 43.9 Å². The van der Waals surface area contributed by atoms with Crippen LogP contribution >= 0.6 is 0 Å². The van der Waals surface area contributed by atoms with E-state index in [2.05, 4.69) is 38.1 Å². The van der Waals surface area contributed by atoms with Crippen LogP contribution in [0.4, 0.5) is 5.82 Å². The number of hydrogen-bond donors (Lipinski definition) is 5. The molecule has 1 atom stereocenters. The average Bonchev–Trinajstić information content (AvgIpc) is 3.10. The molecule has 5 N–H and O–H groups in total. The molecule has 0 fully saturated rings. The summed E-state index contributed by atoms with van der Waals surface area (Å²) in [7, 11) is -1.26. The van der Waals surface area contributed by atoms with Crippen molar-refractivity contribution < 1.29 is 32.3 Å². The van der Waals surface area contributed by atoms with Crippen molar-refractivity contribution in [1.29, 1.82) is 0 Å². The molecule has 1 aliphatic rings. The summed E-state index contributed by atoms with van der Waals surface area (Å²) in [6.45, 7) is 5.37. The molecule has 13 nitrogen and oxygen atoms in total. The van der Waals surface area contributed by atoms with Crippen LogP contribution in [-0.2, 0) is 43.6 Å². The van der Waals surface area contributed by atoms with Crippen LogP contribution in [0.3, 0.4) is 0 Å². The number of hydrogen-bond acceptors (Lipinski definition) is 10. The van der Waals surface area contributed by atoms with E-state index < -0.39 is 27.9 Å². The predicted octanol–water partition coefficient (Wildman–Crippen LogP) is 2.59. The van der Waals surface area contributed by atoms with E-state index in [1.165, 1.54) is 5.56 Å². The van der Waals surface area contributed by atoms with Gasteiger partial charge in [-0.25, -0.2) is 13.4 Å². The SMILES string of the molecule is CNCCNC(=O)CCCOc1cc(C)c(S(=O)(=O)N[C@@H](CNC(=O)c2ccc(CCc3ccc4c(n3)NCCC4)cc2)C(=O)OC)c(C)c1. The normalized spacial score (nSPS) is 13.0. The maximum absolute atomic E-state index is 13.5. The number of pyridine rings is 1. The van der Waals surface area contributed by atoms with Crippen LogP contribution < -0.4 is 30.7 Å². The molecule has 14 heteroatoms. The molecule has 4 rings (SSSR count). The molecule has 0 aliphatic carbocycles. The number of aromatic nitrogens is 1. The zero-order chi connectivity index (χ0) is 36.1. The second-order valence-corrected chi connectivity index (χ2v) is 13.9. The van der Waals surface area contributed by atoms with Gasteiger partial charge in [0.25, 0.3) is 5.91 Å². The number of anilines is 1. The molecule has 2 heterocycles. The van der Waals surface area contributed by atoms with E-state index in [0.29, 0.717) is 48.4 Å². The summed E-state index contributed by atoms with van der Waals surface area (Å²) in [4.78, 5) is 42.2. The van der Waals surface area contributed by atoms with Gasteiger partial charge in [-0.3, -0.25) is 14.4 Å². The molecule has 0 spiro atoms. The highest BCUT2D eigenvalue weighted by Gasteiger charge is 2.29. The second kappa shape index (κ2) is 18.5. The minimum Gasteiger partial charge on any atom is -0.494 e. The van der Waals surface area contributed by atoms with Gasteiger partial charge in [-0.1, -0.05) is 18.2 Å². The molecule has 0 unspecified atom stereocenters. The van der Waals surface area contributed by atoms with Crippen molar-refractivity contribution in [3.8, 4) is 5.75 Å². The van der Waals surface area contributed by atoms with Crippen LogP contribution in [-0.4, -0.2) is 84.2 Å². The van der Waals surface area contributed by atoms with Crippen molar-refractivity contribution >= 4 is 33.6 Å². The lowest BCUT2D eigenvalue weighted by Gasteiger charge is -2.20. The Hall–Kier alpha value is -4.53. The molecule has 2 aromatic carbocycles. The highest BCUT2D eigenvalue weighted by Crippen LogP contribution is 2.26. The van der Waals surface area contributed by atoms with Gasteiger partial charge in [0.05, 0.1) is 18.6 Å². The van der Waals surface area contributed by atoms with Gasteiger partial charge in [0.2, 0.25) is 15.9 Å². The van der Waals surface area contributed by atoms with Crippen LogP contribution in [0.5, 0.6) is 5.75 Å². The third-order valence-electron chi connectivity index (χ3n) is 8.30. The molecule has 1 aliphatic heterocycles. The maximum atomic E-state index is 13.5. The minimum absolute atomic E-state index is 0.00794. The van der Waals surface area contributed by atoms with E-state index in [4.69, 9.17) is 14.5 Å². The Bertz CT molecular complexity index is 1730. The number of amides is 2. The number of aryl methyl sites for hydroxylation is 5. The summed E-state index contributed by atoms with van der Waals surface area (Å²) < 4.78 is 40.1. The highest BCUT2D eigenvalue weighted by molar-refractivity contribution is 7.89. The number of ether oxygens (including phenoxy) is 2. The Morgan fingerprint density at radius 1 is 0.980 bits per heavy atom. The lowest BCUT2D eigenvalue weighted by molar-refractivity contribution is -0.142. The number of methoxy groups -OCH3 is 1. The number of carbonyl (C=O) groups excluding carboxylic acids is 3. The first-order valence-electron chi connectivity index (χ1n) is 16.9. The van der Waals surface area contributed by atoms with Crippen molar-refractivity contribution in [2.75, 3.05) is 52.3 Å². The first-order valence-corrected chi connectivity index (χ1v) is 18.3. The third-order valence-corrected chi connectivity index (χ3v) is 10.1. The first kappa shape index (κ1) is 38.3. The van der Waals surface area contributed by atoms with E-state index in [0.717, 1.165) is 56.4 Å². The number of benzene rings is 2. The van der Waals surface area contributed by atoms with Crippen molar-refractivity contribution in [2.45, 2.75) is 63.3 Å². The summed E-state index contributed by atoms with van der Waals surface area (Å²) in [5, 5.41) is 11.8. The molecule has 0 saturated heterocycles. The minimum atomic E-state index is -4.22. The van der Waals surface area contributed by atoms with Gasteiger partial charge in [0.1, 0.15) is 17.6 Å². The molecular weight excluding hydrogens is 660 g/mol. The fourth-order valence-corrected chi connectivity index (χ4v) is 7.36. The lowest BCUT2D eigenvalue weighted by Crippen LogP contribution is -2.49. The lowest BCUT2D eigenvalue weighted by atomic mass is 10.0. The zero-order valence-corrected chi connectivity index (χ0v) is 30.0. The zero-order valence-electron chi connectivity index (χ0n) is 29.2. The smallest absolute Gasteiger partial charge is 0.325 e. The number of esters is 1. The van der Waals surface area contributed by atoms with Crippen molar-refractivity contribution in [3.05, 3.63) is 82.0 Å². The van der Waals surface area contributed by atoms with Gasteiger partial charge in [-0.15, -0.1) is 0 Å².